The van der Waals surface area contributed by atoms with Gasteiger partial charge in [0, 0.05) is 45.0 Å². The highest BCUT2D eigenvalue weighted by molar-refractivity contribution is 5.49. The van der Waals surface area contributed by atoms with E-state index in [4.69, 9.17) is 0 Å². The van der Waals surface area contributed by atoms with Crippen LogP contribution in [0.25, 0.3) is 0 Å². The first-order chi connectivity index (χ1) is 12.2. The predicted octanol–water partition coefficient (Wildman–Crippen LogP) is 3.65. The standard InChI is InChI=1S/C21H28FN3/c1-2-8-23-16-19-13-20(22)15-21(14-19)25-11-9-24(10-12-25)17-18-6-4-3-5-7-18/h3-7,13-15,23H,2,8-12,16-17H2,1H3. The van der Waals surface area contributed by atoms with Gasteiger partial charge in [0.2, 0.25) is 0 Å². The van der Waals surface area contributed by atoms with Gasteiger partial charge in [-0.3, -0.25) is 4.90 Å². The van der Waals surface area contributed by atoms with Gasteiger partial charge < -0.3 is 10.2 Å². The van der Waals surface area contributed by atoms with Crippen LogP contribution in [-0.4, -0.2) is 37.6 Å². The first kappa shape index (κ1) is 17.9. The fourth-order valence-electron chi connectivity index (χ4n) is 3.33. The molecule has 0 unspecified atom stereocenters. The van der Waals surface area contributed by atoms with Crippen LogP contribution in [0.3, 0.4) is 0 Å². The van der Waals surface area contributed by atoms with E-state index in [-0.39, 0.29) is 5.82 Å². The molecule has 0 amide bonds. The molecule has 2 aromatic carbocycles. The molecule has 3 rings (SSSR count). The van der Waals surface area contributed by atoms with E-state index in [0.717, 1.165) is 63.5 Å². The molecule has 1 heterocycles. The van der Waals surface area contributed by atoms with Gasteiger partial charge in [-0.1, -0.05) is 37.3 Å². The molecule has 0 aromatic heterocycles. The van der Waals surface area contributed by atoms with Gasteiger partial charge in [-0.05, 0) is 42.3 Å². The van der Waals surface area contributed by atoms with Crippen molar-refractivity contribution in [3.8, 4) is 0 Å². The van der Waals surface area contributed by atoms with Crippen LogP contribution in [0.15, 0.2) is 48.5 Å². The number of nitrogens with one attached hydrogen (secondary N) is 1. The average molecular weight is 341 g/mol. The number of benzene rings is 2. The number of hydrogen-bond acceptors (Lipinski definition) is 3. The van der Waals surface area contributed by atoms with Crippen molar-refractivity contribution < 1.29 is 4.39 Å². The lowest BCUT2D eigenvalue weighted by atomic mass is 10.1. The van der Waals surface area contributed by atoms with Gasteiger partial charge in [-0.25, -0.2) is 4.39 Å². The number of piperazine rings is 1. The van der Waals surface area contributed by atoms with E-state index in [2.05, 4.69) is 58.4 Å². The van der Waals surface area contributed by atoms with Crippen LogP contribution in [0.5, 0.6) is 0 Å². The zero-order valence-electron chi connectivity index (χ0n) is 15.0. The Morgan fingerprint density at radius 2 is 1.72 bits per heavy atom. The molecule has 1 fully saturated rings. The summed E-state index contributed by atoms with van der Waals surface area (Å²) in [7, 11) is 0. The average Bonchev–Trinajstić information content (AvgIpc) is 2.63. The summed E-state index contributed by atoms with van der Waals surface area (Å²) in [5.41, 5.74) is 3.38. The summed E-state index contributed by atoms with van der Waals surface area (Å²) in [6.07, 6.45) is 1.09. The molecular formula is C21H28FN3. The highest BCUT2D eigenvalue weighted by Gasteiger charge is 2.18. The Morgan fingerprint density at radius 3 is 2.44 bits per heavy atom. The molecule has 0 aliphatic carbocycles. The van der Waals surface area contributed by atoms with Gasteiger partial charge in [0.05, 0.1) is 0 Å². The van der Waals surface area contributed by atoms with Gasteiger partial charge in [-0.15, -0.1) is 0 Å². The lowest BCUT2D eigenvalue weighted by Gasteiger charge is -2.36. The smallest absolute Gasteiger partial charge is 0.125 e. The third-order valence-corrected chi connectivity index (χ3v) is 4.68. The predicted molar refractivity (Wildman–Crippen MR) is 102 cm³/mol. The summed E-state index contributed by atoms with van der Waals surface area (Å²) in [6.45, 7) is 8.72. The zero-order chi connectivity index (χ0) is 17.5. The Bertz CT molecular complexity index is 651. The first-order valence-corrected chi connectivity index (χ1v) is 9.26. The maximum absolute atomic E-state index is 14.0. The second kappa shape index (κ2) is 8.97. The second-order valence-electron chi connectivity index (χ2n) is 6.74. The third kappa shape index (κ3) is 5.28. The topological polar surface area (TPSA) is 18.5 Å². The van der Waals surface area contributed by atoms with Crippen molar-refractivity contribution in [3.05, 3.63) is 65.5 Å². The molecule has 0 saturated carbocycles. The summed E-state index contributed by atoms with van der Waals surface area (Å²) in [6, 6.07) is 16.0. The van der Waals surface area contributed by atoms with E-state index in [0.29, 0.717) is 0 Å². The molecule has 4 heteroatoms. The van der Waals surface area contributed by atoms with E-state index >= 15 is 0 Å². The number of halogens is 1. The van der Waals surface area contributed by atoms with Crippen molar-refractivity contribution in [1.82, 2.24) is 10.2 Å². The third-order valence-electron chi connectivity index (χ3n) is 4.68. The van der Waals surface area contributed by atoms with Crippen LogP contribution >= 0.6 is 0 Å². The quantitative estimate of drug-likeness (QED) is 0.776. The van der Waals surface area contributed by atoms with Crippen molar-refractivity contribution in [3.63, 3.8) is 0 Å². The van der Waals surface area contributed by atoms with Crippen LogP contribution < -0.4 is 10.2 Å². The molecule has 0 bridgehead atoms. The molecule has 25 heavy (non-hydrogen) atoms. The van der Waals surface area contributed by atoms with Crippen LogP contribution in [0.1, 0.15) is 24.5 Å². The summed E-state index contributed by atoms with van der Waals surface area (Å²) in [4.78, 5) is 4.77. The molecule has 1 aliphatic heterocycles. The fraction of sp³-hybridized carbons (Fsp3) is 0.429. The van der Waals surface area contributed by atoms with E-state index in [1.807, 2.05) is 0 Å². The summed E-state index contributed by atoms with van der Waals surface area (Å²) in [5.74, 6) is -0.141. The Kier molecular flexibility index (Phi) is 6.42. The normalized spacial score (nSPS) is 15.5. The van der Waals surface area contributed by atoms with Gasteiger partial charge in [0.25, 0.3) is 0 Å². The van der Waals surface area contributed by atoms with Gasteiger partial charge in [-0.2, -0.15) is 0 Å². The molecule has 1 aliphatic rings. The molecule has 134 valence electrons. The maximum atomic E-state index is 14.0. The highest BCUT2D eigenvalue weighted by Crippen LogP contribution is 2.21. The highest BCUT2D eigenvalue weighted by atomic mass is 19.1. The minimum atomic E-state index is -0.141. The first-order valence-electron chi connectivity index (χ1n) is 9.26. The minimum absolute atomic E-state index is 0.141. The van der Waals surface area contributed by atoms with E-state index in [1.54, 1.807) is 12.1 Å². The Balaban J connectivity index is 1.57. The number of nitrogens with zero attached hydrogens (tertiary/aromatic N) is 2. The van der Waals surface area contributed by atoms with Crippen molar-refractivity contribution in [2.75, 3.05) is 37.6 Å². The molecule has 3 nitrogen and oxygen atoms in total. The van der Waals surface area contributed by atoms with E-state index in [1.165, 1.54) is 5.56 Å². The van der Waals surface area contributed by atoms with Gasteiger partial charge in [0.15, 0.2) is 0 Å². The summed E-state index contributed by atoms with van der Waals surface area (Å²) < 4.78 is 14.0. The van der Waals surface area contributed by atoms with Crippen LogP contribution in [0, 0.1) is 5.82 Å². The van der Waals surface area contributed by atoms with Crippen molar-refractivity contribution in [2.24, 2.45) is 0 Å². The lowest BCUT2D eigenvalue weighted by Crippen LogP contribution is -2.46. The number of hydrogen-bond donors (Lipinski definition) is 1. The molecule has 0 spiro atoms. The molecular weight excluding hydrogens is 313 g/mol. The van der Waals surface area contributed by atoms with Crippen molar-refractivity contribution in [1.29, 1.82) is 0 Å². The maximum Gasteiger partial charge on any atom is 0.125 e. The van der Waals surface area contributed by atoms with Crippen LogP contribution in [0.4, 0.5) is 10.1 Å². The van der Waals surface area contributed by atoms with E-state index < -0.39 is 0 Å². The molecule has 1 N–H and O–H groups in total. The van der Waals surface area contributed by atoms with Gasteiger partial charge in [0.1, 0.15) is 5.82 Å². The minimum Gasteiger partial charge on any atom is -0.369 e. The van der Waals surface area contributed by atoms with E-state index in [9.17, 15) is 4.39 Å². The Morgan fingerprint density at radius 1 is 0.960 bits per heavy atom. The largest absolute Gasteiger partial charge is 0.369 e. The zero-order valence-corrected chi connectivity index (χ0v) is 15.0. The molecule has 2 aromatic rings. The van der Waals surface area contributed by atoms with Crippen LogP contribution in [0.2, 0.25) is 0 Å². The number of rotatable bonds is 7. The molecule has 0 radical (unpaired) electrons. The van der Waals surface area contributed by atoms with Crippen molar-refractivity contribution >= 4 is 5.69 Å². The van der Waals surface area contributed by atoms with Crippen LogP contribution in [-0.2, 0) is 13.1 Å². The fourth-order valence-corrected chi connectivity index (χ4v) is 3.33. The monoisotopic (exact) mass is 341 g/mol. The summed E-state index contributed by atoms with van der Waals surface area (Å²) in [5, 5.41) is 3.35. The Labute approximate surface area is 150 Å². The molecule has 1 saturated heterocycles. The SMILES string of the molecule is CCCNCc1cc(F)cc(N2CCN(Cc3ccccc3)CC2)c1. The molecule has 0 atom stereocenters. The Hall–Kier alpha value is -1.91. The lowest BCUT2D eigenvalue weighted by molar-refractivity contribution is 0.250. The number of anilines is 1. The second-order valence-corrected chi connectivity index (χ2v) is 6.74. The van der Waals surface area contributed by atoms with Crippen molar-refractivity contribution in [2.45, 2.75) is 26.4 Å². The van der Waals surface area contributed by atoms with Gasteiger partial charge >= 0.3 is 0 Å². The summed E-state index contributed by atoms with van der Waals surface area (Å²) >= 11 is 0.